The van der Waals surface area contributed by atoms with E-state index in [1.165, 1.54) is 49.7 Å². The van der Waals surface area contributed by atoms with E-state index in [0.29, 0.717) is 0 Å². The maximum atomic E-state index is 6.64. The van der Waals surface area contributed by atoms with Crippen LogP contribution in [0.5, 0.6) is 0 Å². The standard InChI is InChI=1S/C19H29Cl/c1-4-19(2,3)17-12-10-16(11-13-17)18(20)14-15-8-6-5-7-9-15/h10-13,15,18H,4-9,14H2,1-3H3. The van der Waals surface area contributed by atoms with Crippen LogP contribution in [0.4, 0.5) is 0 Å². The van der Waals surface area contributed by atoms with Crippen molar-refractivity contribution in [2.45, 2.75) is 76.5 Å². The van der Waals surface area contributed by atoms with Crippen LogP contribution in [0.15, 0.2) is 24.3 Å². The number of halogens is 1. The van der Waals surface area contributed by atoms with E-state index in [9.17, 15) is 0 Å². The van der Waals surface area contributed by atoms with Gasteiger partial charge in [-0.3, -0.25) is 0 Å². The topological polar surface area (TPSA) is 0 Å². The van der Waals surface area contributed by atoms with Crippen LogP contribution in [0.1, 0.15) is 82.2 Å². The van der Waals surface area contributed by atoms with Crippen LogP contribution >= 0.6 is 11.6 Å². The number of alkyl halides is 1. The summed E-state index contributed by atoms with van der Waals surface area (Å²) in [6.45, 7) is 6.87. The van der Waals surface area contributed by atoms with Gasteiger partial charge in [-0.1, -0.05) is 77.1 Å². The molecule has 0 nitrogen and oxygen atoms in total. The quantitative estimate of drug-likeness (QED) is 0.535. The molecule has 1 fully saturated rings. The molecular weight excluding hydrogens is 264 g/mol. The average Bonchev–Trinajstić information content (AvgIpc) is 2.48. The summed E-state index contributed by atoms with van der Waals surface area (Å²) in [5, 5.41) is 0.192. The molecule has 2 rings (SSSR count). The van der Waals surface area contributed by atoms with Crippen molar-refractivity contribution in [1.29, 1.82) is 0 Å². The highest BCUT2D eigenvalue weighted by molar-refractivity contribution is 6.20. The van der Waals surface area contributed by atoms with Crippen molar-refractivity contribution in [2.24, 2.45) is 5.92 Å². The Morgan fingerprint density at radius 1 is 1.10 bits per heavy atom. The minimum Gasteiger partial charge on any atom is -0.118 e. The normalized spacial score (nSPS) is 19.0. The van der Waals surface area contributed by atoms with E-state index >= 15 is 0 Å². The summed E-state index contributed by atoms with van der Waals surface area (Å²) in [5.41, 5.74) is 2.99. The smallest absolute Gasteiger partial charge is 0.0587 e. The largest absolute Gasteiger partial charge is 0.118 e. The zero-order valence-electron chi connectivity index (χ0n) is 13.3. The summed E-state index contributed by atoms with van der Waals surface area (Å²) in [4.78, 5) is 0. The number of rotatable bonds is 5. The molecule has 112 valence electrons. The van der Waals surface area contributed by atoms with Gasteiger partial charge in [0.1, 0.15) is 0 Å². The van der Waals surface area contributed by atoms with Crippen LogP contribution in [0.3, 0.4) is 0 Å². The highest BCUT2D eigenvalue weighted by Crippen LogP contribution is 2.36. The molecule has 0 spiro atoms. The molecule has 1 aromatic rings. The van der Waals surface area contributed by atoms with E-state index in [-0.39, 0.29) is 10.8 Å². The Balaban J connectivity index is 1.98. The fraction of sp³-hybridized carbons (Fsp3) is 0.684. The van der Waals surface area contributed by atoms with E-state index in [1.807, 2.05) is 0 Å². The van der Waals surface area contributed by atoms with Gasteiger partial charge in [0, 0.05) is 0 Å². The third kappa shape index (κ3) is 4.01. The summed E-state index contributed by atoms with van der Waals surface area (Å²) in [5.74, 6) is 0.845. The fourth-order valence-electron chi connectivity index (χ4n) is 3.20. The van der Waals surface area contributed by atoms with Crippen molar-refractivity contribution >= 4 is 11.6 Å². The Morgan fingerprint density at radius 3 is 2.25 bits per heavy atom. The van der Waals surface area contributed by atoms with Gasteiger partial charge in [-0.2, -0.15) is 0 Å². The highest BCUT2D eigenvalue weighted by atomic mass is 35.5. The van der Waals surface area contributed by atoms with Crippen molar-refractivity contribution in [3.63, 3.8) is 0 Å². The molecule has 0 aliphatic heterocycles. The maximum Gasteiger partial charge on any atom is 0.0587 e. The molecule has 1 atom stereocenters. The molecule has 1 aliphatic rings. The van der Waals surface area contributed by atoms with Crippen LogP contribution in [0.25, 0.3) is 0 Å². The van der Waals surface area contributed by atoms with Gasteiger partial charge in [0.05, 0.1) is 5.38 Å². The molecule has 1 aromatic carbocycles. The molecule has 0 amide bonds. The molecule has 0 bridgehead atoms. The van der Waals surface area contributed by atoms with Gasteiger partial charge >= 0.3 is 0 Å². The SMILES string of the molecule is CCC(C)(C)c1ccc(C(Cl)CC2CCCCC2)cc1. The van der Waals surface area contributed by atoms with Gasteiger partial charge in [-0.25, -0.2) is 0 Å². The molecule has 1 unspecified atom stereocenters. The Labute approximate surface area is 129 Å². The Kier molecular flexibility index (Phi) is 5.55. The van der Waals surface area contributed by atoms with E-state index in [0.717, 1.165) is 12.3 Å². The van der Waals surface area contributed by atoms with Gasteiger partial charge in [-0.15, -0.1) is 11.6 Å². The Hall–Kier alpha value is -0.490. The summed E-state index contributed by atoms with van der Waals surface area (Å²) in [7, 11) is 0. The molecule has 1 heteroatoms. The lowest BCUT2D eigenvalue weighted by atomic mass is 9.81. The van der Waals surface area contributed by atoms with Crippen LogP contribution in [0.2, 0.25) is 0 Å². The van der Waals surface area contributed by atoms with E-state index in [1.54, 1.807) is 0 Å². The van der Waals surface area contributed by atoms with Gasteiger partial charge in [0.15, 0.2) is 0 Å². The molecule has 0 N–H and O–H groups in total. The van der Waals surface area contributed by atoms with Gasteiger partial charge < -0.3 is 0 Å². The zero-order valence-corrected chi connectivity index (χ0v) is 14.0. The van der Waals surface area contributed by atoms with Gasteiger partial charge in [0.25, 0.3) is 0 Å². The summed E-state index contributed by atoms with van der Waals surface area (Å²) in [6.07, 6.45) is 9.30. The number of hydrogen-bond acceptors (Lipinski definition) is 0. The van der Waals surface area contributed by atoms with Gasteiger partial charge in [-0.05, 0) is 35.3 Å². The first-order chi connectivity index (χ1) is 9.53. The predicted molar refractivity (Wildman–Crippen MR) is 89.5 cm³/mol. The molecule has 20 heavy (non-hydrogen) atoms. The molecular formula is C19H29Cl. The van der Waals surface area contributed by atoms with Crippen molar-refractivity contribution in [3.8, 4) is 0 Å². The second kappa shape index (κ2) is 6.98. The summed E-state index contributed by atoms with van der Waals surface area (Å²) in [6, 6.07) is 9.03. The first kappa shape index (κ1) is 15.9. The van der Waals surface area contributed by atoms with E-state index in [4.69, 9.17) is 11.6 Å². The lowest BCUT2D eigenvalue weighted by molar-refractivity contribution is 0.336. The lowest BCUT2D eigenvalue weighted by Gasteiger charge is -2.25. The zero-order chi connectivity index (χ0) is 14.6. The molecule has 1 aliphatic carbocycles. The monoisotopic (exact) mass is 292 g/mol. The molecule has 1 saturated carbocycles. The van der Waals surface area contributed by atoms with E-state index in [2.05, 4.69) is 45.0 Å². The lowest BCUT2D eigenvalue weighted by Crippen LogP contribution is -2.15. The molecule has 0 saturated heterocycles. The van der Waals surface area contributed by atoms with Crippen molar-refractivity contribution < 1.29 is 0 Å². The summed E-state index contributed by atoms with van der Waals surface area (Å²) >= 11 is 6.64. The second-order valence-electron chi connectivity index (χ2n) is 7.07. The van der Waals surface area contributed by atoms with Crippen molar-refractivity contribution in [1.82, 2.24) is 0 Å². The third-order valence-corrected chi connectivity index (χ3v) is 5.63. The first-order valence-corrected chi connectivity index (χ1v) is 8.71. The van der Waals surface area contributed by atoms with Crippen LogP contribution in [-0.4, -0.2) is 0 Å². The third-order valence-electron chi connectivity index (χ3n) is 5.20. The van der Waals surface area contributed by atoms with Crippen molar-refractivity contribution in [3.05, 3.63) is 35.4 Å². The first-order valence-electron chi connectivity index (χ1n) is 8.27. The van der Waals surface area contributed by atoms with Crippen molar-refractivity contribution in [2.75, 3.05) is 0 Å². The summed E-state index contributed by atoms with van der Waals surface area (Å²) < 4.78 is 0. The number of hydrogen-bond donors (Lipinski definition) is 0. The maximum absolute atomic E-state index is 6.64. The fourth-order valence-corrected chi connectivity index (χ4v) is 3.60. The molecule has 0 radical (unpaired) electrons. The van der Waals surface area contributed by atoms with Crippen LogP contribution in [-0.2, 0) is 5.41 Å². The Morgan fingerprint density at radius 2 is 1.70 bits per heavy atom. The van der Waals surface area contributed by atoms with Crippen LogP contribution in [0, 0.1) is 5.92 Å². The molecule has 0 aromatic heterocycles. The predicted octanol–water partition coefficient (Wildman–Crippen LogP) is 6.62. The van der Waals surface area contributed by atoms with Gasteiger partial charge in [0.2, 0.25) is 0 Å². The van der Waals surface area contributed by atoms with Crippen LogP contribution < -0.4 is 0 Å². The highest BCUT2D eigenvalue weighted by Gasteiger charge is 2.20. The minimum absolute atomic E-state index is 0.192. The average molecular weight is 293 g/mol. The second-order valence-corrected chi connectivity index (χ2v) is 7.59. The Bertz CT molecular complexity index is 398. The van der Waals surface area contributed by atoms with E-state index < -0.39 is 0 Å². The molecule has 0 heterocycles. The number of benzene rings is 1. The minimum atomic E-state index is 0.192.